The molecule has 1 aromatic carbocycles. The van der Waals surface area contributed by atoms with E-state index in [1.165, 1.54) is 27.4 Å². The monoisotopic (exact) mass is 286 g/mol. The number of fused-ring (bicyclic) bond motifs is 1. The quantitative estimate of drug-likeness (QED) is 0.921. The van der Waals surface area contributed by atoms with Crippen molar-refractivity contribution in [2.24, 2.45) is 0 Å². The van der Waals surface area contributed by atoms with Crippen molar-refractivity contribution in [3.63, 3.8) is 0 Å². The lowest BCUT2D eigenvalue weighted by Gasteiger charge is -2.03. The van der Waals surface area contributed by atoms with Crippen molar-refractivity contribution in [3.8, 4) is 17.0 Å². The number of nitrogens with one attached hydrogen (secondary N) is 1. The second-order valence-electron chi connectivity index (χ2n) is 5.57. The summed E-state index contributed by atoms with van der Waals surface area (Å²) in [6.07, 6.45) is 2.23. The summed E-state index contributed by atoms with van der Waals surface area (Å²) in [4.78, 5) is 6.25. The first-order valence-electron chi connectivity index (χ1n) is 7.25. The maximum absolute atomic E-state index is 5.58. The van der Waals surface area contributed by atoms with Crippen LogP contribution < -0.4 is 10.1 Å². The molecule has 4 rings (SSSR count). The average molecular weight is 286 g/mol. The van der Waals surface area contributed by atoms with Gasteiger partial charge in [0, 0.05) is 29.3 Å². The lowest BCUT2D eigenvalue weighted by Crippen LogP contribution is -2.07. The van der Waals surface area contributed by atoms with Crippen LogP contribution in [-0.4, -0.2) is 24.7 Å². The zero-order valence-corrected chi connectivity index (χ0v) is 12.4. The van der Waals surface area contributed by atoms with E-state index in [2.05, 4.69) is 30.4 Å². The Morgan fingerprint density at radius 1 is 1.40 bits per heavy atom. The Labute approximate surface area is 123 Å². The topological polar surface area (TPSA) is 34.2 Å². The minimum absolute atomic E-state index is 0.602. The summed E-state index contributed by atoms with van der Waals surface area (Å²) in [5.41, 5.74) is 3.71. The number of benzene rings is 1. The number of aryl methyl sites for hydroxylation is 1. The van der Waals surface area contributed by atoms with E-state index < -0.39 is 0 Å². The minimum Gasteiger partial charge on any atom is -0.493 e. The largest absolute Gasteiger partial charge is 0.493 e. The smallest absolute Gasteiger partial charge is 0.122 e. The third kappa shape index (κ3) is 2.03. The normalized spacial score (nSPS) is 20.9. The van der Waals surface area contributed by atoms with E-state index in [4.69, 9.17) is 9.72 Å². The molecule has 2 aliphatic rings. The molecule has 0 saturated carbocycles. The Balaban J connectivity index is 1.71. The van der Waals surface area contributed by atoms with Crippen LogP contribution in [0, 0.1) is 6.92 Å². The highest BCUT2D eigenvalue weighted by Crippen LogP contribution is 2.36. The number of thiazole rings is 1. The fourth-order valence-corrected chi connectivity index (χ4v) is 4.14. The van der Waals surface area contributed by atoms with E-state index in [0.717, 1.165) is 37.6 Å². The Bertz CT molecular complexity index is 644. The summed E-state index contributed by atoms with van der Waals surface area (Å²) in [5.74, 6) is 1.65. The maximum Gasteiger partial charge on any atom is 0.122 e. The fourth-order valence-electron chi connectivity index (χ4n) is 3.06. The van der Waals surface area contributed by atoms with Crippen LogP contribution >= 0.6 is 11.3 Å². The molecule has 1 fully saturated rings. The Hall–Kier alpha value is -1.39. The van der Waals surface area contributed by atoms with Gasteiger partial charge in [0.15, 0.2) is 0 Å². The van der Waals surface area contributed by atoms with E-state index in [1.807, 2.05) is 11.3 Å². The molecule has 3 heterocycles. The van der Waals surface area contributed by atoms with Crippen LogP contribution in [0.15, 0.2) is 18.2 Å². The van der Waals surface area contributed by atoms with Gasteiger partial charge in [-0.15, -0.1) is 11.3 Å². The van der Waals surface area contributed by atoms with Gasteiger partial charge in [-0.25, -0.2) is 4.98 Å². The Morgan fingerprint density at radius 2 is 2.35 bits per heavy atom. The zero-order chi connectivity index (χ0) is 13.5. The summed E-state index contributed by atoms with van der Waals surface area (Å²) in [5, 5.41) is 4.71. The highest BCUT2D eigenvalue weighted by atomic mass is 32.1. The van der Waals surface area contributed by atoms with Gasteiger partial charge in [-0.1, -0.05) is 0 Å². The highest BCUT2D eigenvalue weighted by Gasteiger charge is 2.22. The molecule has 1 saturated heterocycles. The Morgan fingerprint density at radius 3 is 3.20 bits per heavy atom. The lowest BCUT2D eigenvalue weighted by molar-refractivity contribution is 0.357. The van der Waals surface area contributed by atoms with Gasteiger partial charge in [0.1, 0.15) is 5.75 Å². The van der Waals surface area contributed by atoms with Crippen molar-refractivity contribution in [2.75, 3.05) is 19.7 Å². The predicted molar refractivity (Wildman–Crippen MR) is 81.7 cm³/mol. The summed E-state index contributed by atoms with van der Waals surface area (Å²) in [7, 11) is 0. The average Bonchev–Trinajstić information content (AvgIpc) is 3.17. The lowest BCUT2D eigenvalue weighted by atomic mass is 10.1. The molecule has 0 spiro atoms. The molecule has 20 heavy (non-hydrogen) atoms. The van der Waals surface area contributed by atoms with Gasteiger partial charge in [0.25, 0.3) is 0 Å². The van der Waals surface area contributed by atoms with Crippen molar-refractivity contribution < 1.29 is 4.74 Å². The molecular weight excluding hydrogens is 268 g/mol. The van der Waals surface area contributed by atoms with Crippen molar-refractivity contribution in [1.29, 1.82) is 0 Å². The van der Waals surface area contributed by atoms with Crippen LogP contribution in [0.25, 0.3) is 11.3 Å². The van der Waals surface area contributed by atoms with Gasteiger partial charge < -0.3 is 10.1 Å². The third-order valence-corrected chi connectivity index (χ3v) is 5.32. The number of rotatable bonds is 2. The molecule has 0 bridgehead atoms. The second-order valence-corrected chi connectivity index (χ2v) is 6.80. The summed E-state index contributed by atoms with van der Waals surface area (Å²) >= 11 is 1.86. The Kier molecular flexibility index (Phi) is 3.00. The molecular formula is C16H18N2OS. The zero-order valence-electron chi connectivity index (χ0n) is 11.6. The van der Waals surface area contributed by atoms with Gasteiger partial charge >= 0.3 is 0 Å². The molecule has 0 aliphatic carbocycles. The third-order valence-electron chi connectivity index (χ3n) is 4.19. The van der Waals surface area contributed by atoms with Gasteiger partial charge in [0.2, 0.25) is 0 Å². The molecule has 1 aromatic heterocycles. The van der Waals surface area contributed by atoms with Crippen LogP contribution in [0.2, 0.25) is 0 Å². The number of nitrogens with zero attached hydrogens (tertiary/aromatic N) is 1. The van der Waals surface area contributed by atoms with Crippen molar-refractivity contribution in [3.05, 3.63) is 33.6 Å². The maximum atomic E-state index is 5.58. The summed E-state index contributed by atoms with van der Waals surface area (Å²) in [6.45, 7) is 5.19. The molecule has 3 nitrogen and oxygen atoms in total. The molecule has 4 heteroatoms. The number of aromatic nitrogens is 1. The van der Waals surface area contributed by atoms with Crippen LogP contribution in [-0.2, 0) is 6.42 Å². The van der Waals surface area contributed by atoms with E-state index in [9.17, 15) is 0 Å². The molecule has 1 atom stereocenters. The van der Waals surface area contributed by atoms with Gasteiger partial charge in [-0.3, -0.25) is 0 Å². The van der Waals surface area contributed by atoms with Crippen LogP contribution in [0.3, 0.4) is 0 Å². The van der Waals surface area contributed by atoms with Gasteiger partial charge in [-0.2, -0.15) is 0 Å². The molecule has 0 radical (unpaired) electrons. The number of hydrogen-bond donors (Lipinski definition) is 1. The molecule has 1 N–H and O–H groups in total. The molecule has 2 aromatic rings. The van der Waals surface area contributed by atoms with Crippen molar-refractivity contribution >= 4 is 11.3 Å². The standard InChI is InChI=1S/C16H18N2OS/c1-10-15(18-16(20-10)13-4-6-17-9-13)12-2-3-14-11(8-12)5-7-19-14/h2-3,8,13,17H,4-7,9H2,1H3. The highest BCUT2D eigenvalue weighted by molar-refractivity contribution is 7.12. The fraction of sp³-hybridized carbons (Fsp3) is 0.438. The van der Waals surface area contributed by atoms with Crippen LogP contribution in [0.5, 0.6) is 5.75 Å². The van der Waals surface area contributed by atoms with Crippen LogP contribution in [0.4, 0.5) is 0 Å². The van der Waals surface area contributed by atoms with Gasteiger partial charge in [-0.05, 0) is 43.7 Å². The summed E-state index contributed by atoms with van der Waals surface area (Å²) < 4.78 is 5.58. The predicted octanol–water partition coefficient (Wildman–Crippen LogP) is 3.13. The van der Waals surface area contributed by atoms with E-state index in [1.54, 1.807) is 0 Å². The minimum atomic E-state index is 0.602. The molecule has 2 aliphatic heterocycles. The van der Waals surface area contributed by atoms with Crippen molar-refractivity contribution in [1.82, 2.24) is 10.3 Å². The van der Waals surface area contributed by atoms with E-state index in [-0.39, 0.29) is 0 Å². The van der Waals surface area contributed by atoms with Gasteiger partial charge in [0.05, 0.1) is 17.3 Å². The van der Waals surface area contributed by atoms with E-state index in [0.29, 0.717) is 5.92 Å². The van der Waals surface area contributed by atoms with E-state index >= 15 is 0 Å². The second kappa shape index (κ2) is 4.86. The SMILES string of the molecule is Cc1sc(C2CCNC2)nc1-c1ccc2c(c1)CCO2. The first kappa shape index (κ1) is 12.4. The summed E-state index contributed by atoms with van der Waals surface area (Å²) in [6, 6.07) is 6.48. The first-order chi connectivity index (χ1) is 9.81. The molecule has 104 valence electrons. The van der Waals surface area contributed by atoms with Crippen molar-refractivity contribution in [2.45, 2.75) is 25.7 Å². The molecule has 1 unspecified atom stereocenters. The first-order valence-corrected chi connectivity index (χ1v) is 8.07. The van der Waals surface area contributed by atoms with Crippen LogP contribution in [0.1, 0.15) is 27.8 Å². The number of hydrogen-bond acceptors (Lipinski definition) is 4. The molecule has 0 amide bonds. The number of ether oxygens (including phenoxy) is 1.